The number of halogens is 2. The molecule has 0 aliphatic carbocycles. The normalized spacial score (nSPS) is 12.7. The zero-order valence-electron chi connectivity index (χ0n) is 9.61. The first kappa shape index (κ1) is 11.7. The van der Waals surface area contributed by atoms with Gasteiger partial charge in [-0.25, -0.2) is 8.78 Å². The Morgan fingerprint density at radius 3 is 2.35 bits per heavy atom. The first-order chi connectivity index (χ1) is 8.15. The van der Waals surface area contributed by atoms with Crippen LogP contribution in [0.2, 0.25) is 0 Å². The van der Waals surface area contributed by atoms with Gasteiger partial charge in [0.25, 0.3) is 0 Å². The number of nitrogens with one attached hydrogen (secondary N) is 1. The van der Waals surface area contributed by atoms with Crippen LogP contribution in [0.5, 0.6) is 0 Å². The second-order valence-corrected chi connectivity index (χ2v) is 3.74. The summed E-state index contributed by atoms with van der Waals surface area (Å²) in [5.41, 5.74) is 0.718. The molecule has 0 fully saturated rings. The molecule has 1 atom stereocenters. The van der Waals surface area contributed by atoms with Crippen LogP contribution in [-0.2, 0) is 7.05 Å². The maximum absolute atomic E-state index is 13.7. The molecule has 5 heteroatoms. The number of aryl methyl sites for hydroxylation is 1. The van der Waals surface area contributed by atoms with Crippen LogP contribution in [0.4, 0.5) is 8.78 Å². The van der Waals surface area contributed by atoms with E-state index in [0.717, 1.165) is 0 Å². The van der Waals surface area contributed by atoms with Crippen molar-refractivity contribution in [2.24, 2.45) is 7.05 Å². The molecule has 2 rings (SSSR count). The van der Waals surface area contributed by atoms with Gasteiger partial charge in [0.05, 0.1) is 11.7 Å². The molecule has 1 unspecified atom stereocenters. The Morgan fingerprint density at radius 2 is 1.88 bits per heavy atom. The molecule has 0 spiro atoms. The van der Waals surface area contributed by atoms with Crippen LogP contribution in [0.1, 0.15) is 17.3 Å². The van der Waals surface area contributed by atoms with E-state index in [0.29, 0.717) is 5.69 Å². The number of hydrogen-bond donors (Lipinski definition) is 1. The van der Waals surface area contributed by atoms with Crippen molar-refractivity contribution >= 4 is 0 Å². The summed E-state index contributed by atoms with van der Waals surface area (Å²) in [7, 11) is 3.39. The highest BCUT2D eigenvalue weighted by atomic mass is 19.1. The molecule has 0 radical (unpaired) electrons. The van der Waals surface area contributed by atoms with E-state index in [1.165, 1.54) is 18.2 Å². The Kier molecular flexibility index (Phi) is 3.19. The average molecular weight is 237 g/mol. The maximum Gasteiger partial charge on any atom is 0.131 e. The predicted molar refractivity (Wildman–Crippen MR) is 60.5 cm³/mol. The van der Waals surface area contributed by atoms with Gasteiger partial charge in [-0.15, -0.1) is 0 Å². The number of aromatic nitrogens is 2. The van der Waals surface area contributed by atoms with Crippen molar-refractivity contribution in [3.05, 3.63) is 53.4 Å². The zero-order chi connectivity index (χ0) is 12.4. The number of hydrogen-bond acceptors (Lipinski definition) is 2. The highest BCUT2D eigenvalue weighted by Crippen LogP contribution is 2.25. The van der Waals surface area contributed by atoms with E-state index < -0.39 is 17.7 Å². The summed E-state index contributed by atoms with van der Waals surface area (Å²) in [6.45, 7) is 0. The van der Waals surface area contributed by atoms with E-state index in [9.17, 15) is 8.78 Å². The van der Waals surface area contributed by atoms with Gasteiger partial charge in [-0.3, -0.25) is 4.68 Å². The van der Waals surface area contributed by atoms with Gasteiger partial charge in [-0.05, 0) is 25.2 Å². The van der Waals surface area contributed by atoms with Crippen molar-refractivity contribution in [3.8, 4) is 0 Å². The third-order valence-corrected chi connectivity index (χ3v) is 2.73. The maximum atomic E-state index is 13.7. The van der Waals surface area contributed by atoms with Crippen LogP contribution < -0.4 is 5.32 Å². The Hall–Kier alpha value is -1.75. The summed E-state index contributed by atoms with van der Waals surface area (Å²) < 4.78 is 29.0. The SMILES string of the molecule is CNC(c1c(F)cccc1F)c1ccnn1C. The van der Waals surface area contributed by atoms with Crippen LogP contribution in [0.15, 0.2) is 30.5 Å². The molecule has 0 bridgehead atoms. The van der Waals surface area contributed by atoms with Crippen molar-refractivity contribution in [1.82, 2.24) is 15.1 Å². The van der Waals surface area contributed by atoms with Gasteiger partial charge in [-0.2, -0.15) is 5.10 Å². The molecular formula is C12H13F2N3. The Labute approximate surface area is 98.1 Å². The van der Waals surface area contributed by atoms with Crippen molar-refractivity contribution in [2.75, 3.05) is 7.05 Å². The fourth-order valence-electron chi connectivity index (χ4n) is 1.89. The van der Waals surface area contributed by atoms with Crippen LogP contribution in [0.25, 0.3) is 0 Å². The molecule has 1 aromatic carbocycles. The molecule has 3 nitrogen and oxygen atoms in total. The third-order valence-electron chi connectivity index (χ3n) is 2.73. The molecule has 0 aliphatic rings. The fourth-order valence-corrected chi connectivity index (χ4v) is 1.89. The smallest absolute Gasteiger partial charge is 0.131 e. The molecular weight excluding hydrogens is 224 g/mol. The zero-order valence-corrected chi connectivity index (χ0v) is 9.61. The predicted octanol–water partition coefficient (Wildman–Crippen LogP) is 2.01. The number of nitrogens with zero attached hydrogens (tertiary/aromatic N) is 2. The second-order valence-electron chi connectivity index (χ2n) is 3.74. The molecule has 90 valence electrons. The van der Waals surface area contributed by atoms with Gasteiger partial charge in [-0.1, -0.05) is 6.07 Å². The minimum atomic E-state index is -0.564. The van der Waals surface area contributed by atoms with Gasteiger partial charge in [0.15, 0.2) is 0 Å². The second kappa shape index (κ2) is 4.63. The standard InChI is InChI=1S/C12H13F2N3/c1-15-12(10-6-7-16-17(10)2)11-8(13)4-3-5-9(11)14/h3-7,12,15H,1-2H3. The summed E-state index contributed by atoms with van der Waals surface area (Å²) in [6, 6.07) is 5.03. The molecule has 0 saturated heterocycles. The van der Waals surface area contributed by atoms with Crippen molar-refractivity contribution in [1.29, 1.82) is 0 Å². The minimum absolute atomic E-state index is 0.0126. The lowest BCUT2D eigenvalue weighted by Crippen LogP contribution is -2.23. The minimum Gasteiger partial charge on any atom is -0.308 e. The summed E-state index contributed by atoms with van der Waals surface area (Å²) in [4.78, 5) is 0. The molecule has 1 N–H and O–H groups in total. The topological polar surface area (TPSA) is 29.9 Å². The van der Waals surface area contributed by atoms with Crippen molar-refractivity contribution in [2.45, 2.75) is 6.04 Å². The van der Waals surface area contributed by atoms with Crippen LogP contribution in [0, 0.1) is 11.6 Å². The van der Waals surface area contributed by atoms with Crippen molar-refractivity contribution in [3.63, 3.8) is 0 Å². The van der Waals surface area contributed by atoms with Crippen LogP contribution in [0.3, 0.4) is 0 Å². The van der Waals surface area contributed by atoms with Crippen LogP contribution >= 0.6 is 0 Å². The Morgan fingerprint density at radius 1 is 1.24 bits per heavy atom. The van der Waals surface area contributed by atoms with Crippen molar-refractivity contribution < 1.29 is 8.78 Å². The highest BCUT2D eigenvalue weighted by Gasteiger charge is 2.22. The van der Waals surface area contributed by atoms with Gasteiger partial charge in [0, 0.05) is 18.8 Å². The van der Waals surface area contributed by atoms with Gasteiger partial charge in [0.1, 0.15) is 11.6 Å². The Bertz CT molecular complexity index is 502. The number of benzene rings is 1. The van der Waals surface area contributed by atoms with E-state index in [4.69, 9.17) is 0 Å². The molecule has 1 heterocycles. The van der Waals surface area contributed by atoms with Crippen LogP contribution in [-0.4, -0.2) is 16.8 Å². The lowest BCUT2D eigenvalue weighted by atomic mass is 10.0. The van der Waals surface area contributed by atoms with Gasteiger partial charge in [0.2, 0.25) is 0 Å². The largest absolute Gasteiger partial charge is 0.308 e. The molecule has 0 aliphatic heterocycles. The quantitative estimate of drug-likeness (QED) is 0.885. The lowest BCUT2D eigenvalue weighted by molar-refractivity contribution is 0.506. The highest BCUT2D eigenvalue weighted by molar-refractivity contribution is 5.30. The molecule has 0 saturated carbocycles. The average Bonchev–Trinajstić information content (AvgIpc) is 2.70. The number of rotatable bonds is 3. The summed E-state index contributed by atoms with van der Waals surface area (Å²) in [6.07, 6.45) is 1.60. The van der Waals surface area contributed by atoms with E-state index in [2.05, 4.69) is 10.4 Å². The third kappa shape index (κ3) is 2.06. The monoisotopic (exact) mass is 237 g/mol. The summed E-state index contributed by atoms with van der Waals surface area (Å²) in [5, 5.41) is 6.90. The van der Waals surface area contributed by atoms with E-state index in [-0.39, 0.29) is 5.56 Å². The first-order valence-electron chi connectivity index (χ1n) is 5.24. The molecule has 2 aromatic rings. The Balaban J connectivity index is 2.53. The van der Waals surface area contributed by atoms with Gasteiger partial charge >= 0.3 is 0 Å². The molecule has 0 amide bonds. The fraction of sp³-hybridized carbons (Fsp3) is 0.250. The van der Waals surface area contributed by atoms with E-state index in [1.807, 2.05) is 0 Å². The first-order valence-corrected chi connectivity index (χ1v) is 5.24. The van der Waals surface area contributed by atoms with E-state index >= 15 is 0 Å². The van der Waals surface area contributed by atoms with E-state index in [1.54, 1.807) is 31.0 Å². The molecule has 1 aromatic heterocycles. The summed E-state index contributed by atoms with van der Waals surface area (Å²) in [5.74, 6) is -1.13. The lowest BCUT2D eigenvalue weighted by Gasteiger charge is -2.18. The van der Waals surface area contributed by atoms with Gasteiger partial charge < -0.3 is 5.32 Å². The molecule has 17 heavy (non-hydrogen) atoms. The summed E-state index contributed by atoms with van der Waals surface area (Å²) >= 11 is 0.